The van der Waals surface area contributed by atoms with Crippen molar-refractivity contribution in [3.8, 4) is 17.7 Å². The summed E-state index contributed by atoms with van der Waals surface area (Å²) in [5.41, 5.74) is 0.342. The van der Waals surface area contributed by atoms with E-state index in [2.05, 4.69) is 21.2 Å². The number of hydrogen-bond acceptors (Lipinski definition) is 5. The Bertz CT molecular complexity index is 501. The molecule has 0 radical (unpaired) electrons. The molecule has 1 atom stereocenters. The van der Waals surface area contributed by atoms with Crippen LogP contribution in [0.1, 0.15) is 18.5 Å². The smallest absolute Gasteiger partial charge is 0.382 e. The van der Waals surface area contributed by atoms with Crippen molar-refractivity contribution in [3.63, 3.8) is 0 Å². The summed E-state index contributed by atoms with van der Waals surface area (Å²) in [6.45, 7) is 2.62. The molecule has 2 N–H and O–H groups in total. The Morgan fingerprint density at radius 3 is 3.21 bits per heavy atom. The number of hydrogen-bond donors (Lipinski definition) is 2. The minimum absolute atomic E-state index is 0.342. The summed E-state index contributed by atoms with van der Waals surface area (Å²) in [6.07, 6.45) is 3.62. The summed E-state index contributed by atoms with van der Waals surface area (Å²) >= 11 is 0. The fourth-order valence-corrected chi connectivity index (χ4v) is 1.87. The highest BCUT2D eigenvalue weighted by Gasteiger charge is 2.13. The lowest BCUT2D eigenvalue weighted by Crippen LogP contribution is -2.33. The molecule has 0 amide bonds. The van der Waals surface area contributed by atoms with E-state index in [4.69, 9.17) is 9.84 Å². The summed E-state index contributed by atoms with van der Waals surface area (Å²) in [5.74, 6) is 4.16. The van der Waals surface area contributed by atoms with E-state index in [0.717, 1.165) is 25.9 Å². The average molecular weight is 261 g/mol. The number of carboxylic acids is 1. The predicted molar refractivity (Wildman–Crippen MR) is 67.6 cm³/mol. The van der Waals surface area contributed by atoms with Gasteiger partial charge in [-0.15, -0.1) is 0 Å². The van der Waals surface area contributed by atoms with Gasteiger partial charge in [0.15, 0.2) is 0 Å². The first-order valence-corrected chi connectivity index (χ1v) is 6.14. The first kappa shape index (κ1) is 13.3. The summed E-state index contributed by atoms with van der Waals surface area (Å²) in [6, 6.07) is 1.55. The van der Waals surface area contributed by atoms with Crippen LogP contribution in [0, 0.1) is 17.8 Å². The van der Waals surface area contributed by atoms with Crippen molar-refractivity contribution in [1.29, 1.82) is 0 Å². The Balaban J connectivity index is 1.91. The van der Waals surface area contributed by atoms with Crippen LogP contribution >= 0.6 is 0 Å². The van der Waals surface area contributed by atoms with Crippen LogP contribution in [0.3, 0.4) is 0 Å². The van der Waals surface area contributed by atoms with Gasteiger partial charge in [-0.3, -0.25) is 0 Å². The van der Waals surface area contributed by atoms with Gasteiger partial charge in [0.05, 0.1) is 6.61 Å². The van der Waals surface area contributed by atoms with Crippen molar-refractivity contribution in [1.82, 2.24) is 15.3 Å². The van der Waals surface area contributed by atoms with E-state index in [1.54, 1.807) is 6.07 Å². The van der Waals surface area contributed by atoms with Crippen LogP contribution in [-0.2, 0) is 4.79 Å². The van der Waals surface area contributed by atoms with Gasteiger partial charge in [-0.2, -0.15) is 0 Å². The van der Waals surface area contributed by atoms with E-state index in [9.17, 15) is 4.79 Å². The minimum atomic E-state index is -1.19. The van der Waals surface area contributed by atoms with Gasteiger partial charge in [-0.1, -0.05) is 0 Å². The van der Waals surface area contributed by atoms with Crippen molar-refractivity contribution in [2.45, 2.75) is 12.8 Å². The van der Waals surface area contributed by atoms with Gasteiger partial charge >= 0.3 is 5.97 Å². The lowest BCUT2D eigenvalue weighted by molar-refractivity contribution is -0.130. The second kappa shape index (κ2) is 6.71. The Labute approximate surface area is 111 Å². The van der Waals surface area contributed by atoms with Gasteiger partial charge in [0, 0.05) is 24.4 Å². The third kappa shape index (κ3) is 4.56. The summed E-state index contributed by atoms with van der Waals surface area (Å²) in [5, 5.41) is 11.8. The third-order valence-corrected chi connectivity index (χ3v) is 2.81. The SMILES string of the molecule is O=C(O)C#Cc1cc(OCC2CCCNC2)ncn1. The second-order valence-corrected chi connectivity index (χ2v) is 4.32. The Kier molecular flexibility index (Phi) is 4.70. The normalized spacial score (nSPS) is 18.2. The topological polar surface area (TPSA) is 84.3 Å². The van der Waals surface area contributed by atoms with E-state index >= 15 is 0 Å². The fourth-order valence-electron chi connectivity index (χ4n) is 1.87. The minimum Gasteiger partial charge on any atom is -0.477 e. The summed E-state index contributed by atoms with van der Waals surface area (Å²) < 4.78 is 5.59. The highest BCUT2D eigenvalue weighted by molar-refractivity contribution is 5.87. The zero-order valence-corrected chi connectivity index (χ0v) is 10.4. The van der Waals surface area contributed by atoms with E-state index in [0.29, 0.717) is 24.1 Å². The molecule has 1 aliphatic heterocycles. The highest BCUT2D eigenvalue weighted by Crippen LogP contribution is 2.13. The maximum atomic E-state index is 10.3. The Morgan fingerprint density at radius 1 is 1.58 bits per heavy atom. The highest BCUT2D eigenvalue weighted by atomic mass is 16.5. The molecule has 2 rings (SSSR count). The van der Waals surface area contributed by atoms with Crippen molar-refractivity contribution in [2.75, 3.05) is 19.7 Å². The molecule has 19 heavy (non-hydrogen) atoms. The van der Waals surface area contributed by atoms with Crippen LogP contribution in [0.4, 0.5) is 0 Å². The predicted octanol–water partition coefficient (Wildman–Crippen LogP) is 0.291. The lowest BCUT2D eigenvalue weighted by Gasteiger charge is -2.22. The number of carbonyl (C=O) groups is 1. The first-order chi connectivity index (χ1) is 9.24. The molecule has 2 heterocycles. The van der Waals surface area contributed by atoms with Crippen molar-refractivity contribution < 1.29 is 14.6 Å². The summed E-state index contributed by atoms with van der Waals surface area (Å²) in [4.78, 5) is 18.2. The first-order valence-electron chi connectivity index (χ1n) is 6.14. The van der Waals surface area contributed by atoms with Crippen molar-refractivity contribution >= 4 is 5.97 Å². The standard InChI is InChI=1S/C13H15N3O3/c17-13(18)4-3-11-6-12(16-9-15-11)19-8-10-2-1-5-14-7-10/h6,9-10,14H,1-2,5,7-8H2,(H,17,18). The quantitative estimate of drug-likeness (QED) is 0.761. The molecule has 1 aromatic rings. The number of piperidine rings is 1. The molecule has 1 unspecified atom stereocenters. The Hall–Kier alpha value is -2.13. The van der Waals surface area contributed by atoms with Gasteiger partial charge in [0.2, 0.25) is 5.88 Å². The van der Waals surface area contributed by atoms with E-state index in [1.807, 2.05) is 5.92 Å². The van der Waals surface area contributed by atoms with E-state index in [-0.39, 0.29) is 0 Å². The molecule has 0 saturated carbocycles. The van der Waals surface area contributed by atoms with Crippen LogP contribution in [0.2, 0.25) is 0 Å². The molecule has 0 spiro atoms. The maximum Gasteiger partial charge on any atom is 0.382 e. The fraction of sp³-hybridized carbons (Fsp3) is 0.462. The van der Waals surface area contributed by atoms with Gasteiger partial charge in [0.1, 0.15) is 12.0 Å². The van der Waals surface area contributed by atoms with Crippen LogP contribution in [0.15, 0.2) is 12.4 Å². The molecule has 0 aromatic carbocycles. The monoisotopic (exact) mass is 261 g/mol. The van der Waals surface area contributed by atoms with Crippen LogP contribution in [-0.4, -0.2) is 40.7 Å². The number of aliphatic carboxylic acids is 1. The number of carboxylic acid groups (broad SMARTS) is 1. The molecule has 1 fully saturated rings. The van der Waals surface area contributed by atoms with Crippen molar-refractivity contribution in [2.24, 2.45) is 5.92 Å². The zero-order valence-electron chi connectivity index (χ0n) is 10.4. The van der Waals surface area contributed by atoms with Gasteiger partial charge in [-0.25, -0.2) is 14.8 Å². The number of aromatic nitrogens is 2. The Morgan fingerprint density at radius 2 is 2.47 bits per heavy atom. The largest absolute Gasteiger partial charge is 0.477 e. The second-order valence-electron chi connectivity index (χ2n) is 4.32. The molecule has 0 bridgehead atoms. The number of nitrogens with one attached hydrogen (secondary N) is 1. The number of ether oxygens (including phenoxy) is 1. The molecule has 1 aliphatic rings. The molecule has 1 saturated heterocycles. The number of nitrogens with zero attached hydrogens (tertiary/aromatic N) is 2. The molecule has 1 aromatic heterocycles. The average Bonchev–Trinajstić information content (AvgIpc) is 2.44. The van der Waals surface area contributed by atoms with Gasteiger partial charge in [-0.05, 0) is 25.3 Å². The molecule has 6 heteroatoms. The van der Waals surface area contributed by atoms with Crippen LogP contribution < -0.4 is 10.1 Å². The van der Waals surface area contributed by atoms with Crippen LogP contribution in [0.25, 0.3) is 0 Å². The molecule has 6 nitrogen and oxygen atoms in total. The zero-order chi connectivity index (χ0) is 13.5. The van der Waals surface area contributed by atoms with Crippen LogP contribution in [0.5, 0.6) is 5.88 Å². The summed E-state index contributed by atoms with van der Waals surface area (Å²) in [7, 11) is 0. The van der Waals surface area contributed by atoms with Gasteiger partial charge < -0.3 is 15.2 Å². The van der Waals surface area contributed by atoms with Crippen molar-refractivity contribution in [3.05, 3.63) is 18.1 Å². The van der Waals surface area contributed by atoms with Gasteiger partial charge in [0.25, 0.3) is 0 Å². The molecule has 100 valence electrons. The molecule has 0 aliphatic carbocycles. The number of rotatable bonds is 3. The van der Waals surface area contributed by atoms with E-state index in [1.165, 1.54) is 6.33 Å². The lowest BCUT2D eigenvalue weighted by atomic mass is 10.0. The molecular weight excluding hydrogens is 246 g/mol. The maximum absolute atomic E-state index is 10.3. The molecular formula is C13H15N3O3. The van der Waals surface area contributed by atoms with E-state index < -0.39 is 5.97 Å². The third-order valence-electron chi connectivity index (χ3n) is 2.81.